The van der Waals surface area contributed by atoms with Gasteiger partial charge in [-0.3, -0.25) is 4.79 Å². The maximum Gasteiger partial charge on any atom is 0.303 e. The van der Waals surface area contributed by atoms with Crippen LogP contribution in [0.4, 0.5) is 4.39 Å². The van der Waals surface area contributed by atoms with Crippen LogP contribution in [0.15, 0.2) is 6.07 Å². The maximum atomic E-state index is 14.2. The molecule has 0 aromatic heterocycles. The number of hydrogen-bond acceptors (Lipinski definition) is 4. The molecule has 0 spiro atoms. The Hall–Kier alpha value is -1.98. The van der Waals surface area contributed by atoms with Gasteiger partial charge in [-0.2, -0.15) is 0 Å². The zero-order valence-corrected chi connectivity index (χ0v) is 11.7. The average Bonchev–Trinajstić information content (AvgIpc) is 3.28. The van der Waals surface area contributed by atoms with E-state index < -0.39 is 11.8 Å². The van der Waals surface area contributed by atoms with Gasteiger partial charge in [-0.05, 0) is 18.8 Å². The average molecular weight is 296 g/mol. The summed E-state index contributed by atoms with van der Waals surface area (Å²) in [5, 5.41) is 9.15. The summed E-state index contributed by atoms with van der Waals surface area (Å²) in [6.07, 6.45) is 1.81. The van der Waals surface area contributed by atoms with Gasteiger partial charge in [0.2, 0.25) is 0 Å². The molecule has 1 unspecified atom stereocenters. The number of aliphatic carboxylic acids is 1. The van der Waals surface area contributed by atoms with Crippen molar-refractivity contribution >= 4 is 5.97 Å². The summed E-state index contributed by atoms with van der Waals surface area (Å²) in [5.74, 6) is -0.729. The lowest BCUT2D eigenvalue weighted by Crippen LogP contribution is -2.20. The Bertz CT molecular complexity index is 568. The van der Waals surface area contributed by atoms with Crippen molar-refractivity contribution in [3.8, 4) is 17.2 Å². The third-order valence-electron chi connectivity index (χ3n) is 3.94. The summed E-state index contributed by atoms with van der Waals surface area (Å²) in [5.41, 5.74) is 0.497. The van der Waals surface area contributed by atoms with E-state index in [0.29, 0.717) is 30.3 Å². The van der Waals surface area contributed by atoms with Gasteiger partial charge in [0.15, 0.2) is 23.1 Å². The molecular weight excluding hydrogens is 279 g/mol. The van der Waals surface area contributed by atoms with E-state index in [2.05, 4.69) is 0 Å². The molecule has 0 amide bonds. The first kappa shape index (κ1) is 14.0. The van der Waals surface area contributed by atoms with E-state index >= 15 is 0 Å². The lowest BCUT2D eigenvalue weighted by Gasteiger charge is -2.26. The molecule has 1 saturated carbocycles. The van der Waals surface area contributed by atoms with Crippen molar-refractivity contribution in [3.05, 3.63) is 17.4 Å². The molecule has 114 valence electrons. The molecule has 3 rings (SSSR count). The molecule has 1 atom stereocenters. The Morgan fingerprint density at radius 2 is 2.19 bits per heavy atom. The molecule has 1 heterocycles. The Balaban J connectivity index is 2.12. The summed E-state index contributed by atoms with van der Waals surface area (Å²) >= 11 is 0. The fourth-order valence-corrected chi connectivity index (χ4v) is 2.90. The largest absolute Gasteiger partial charge is 0.493 e. The maximum absolute atomic E-state index is 14.2. The van der Waals surface area contributed by atoms with Crippen molar-refractivity contribution in [3.63, 3.8) is 0 Å². The molecule has 1 aromatic carbocycles. The van der Waals surface area contributed by atoms with Gasteiger partial charge in [-0.1, -0.05) is 0 Å². The highest BCUT2D eigenvalue weighted by atomic mass is 19.1. The Kier molecular flexibility index (Phi) is 3.61. The monoisotopic (exact) mass is 296 g/mol. The van der Waals surface area contributed by atoms with Gasteiger partial charge in [-0.15, -0.1) is 0 Å². The predicted octanol–water partition coefficient (Wildman–Crippen LogP) is 2.57. The van der Waals surface area contributed by atoms with Crippen LogP contribution < -0.4 is 14.2 Å². The third kappa shape index (κ3) is 2.62. The number of hydrogen-bond donors (Lipinski definition) is 1. The van der Waals surface area contributed by atoms with Crippen molar-refractivity contribution in [2.45, 2.75) is 25.2 Å². The molecule has 1 aromatic rings. The first-order valence-electron chi connectivity index (χ1n) is 6.99. The van der Waals surface area contributed by atoms with Crippen LogP contribution in [0.2, 0.25) is 0 Å². The minimum Gasteiger partial charge on any atom is -0.493 e. The van der Waals surface area contributed by atoms with Gasteiger partial charge < -0.3 is 19.3 Å². The Morgan fingerprint density at radius 3 is 2.81 bits per heavy atom. The second kappa shape index (κ2) is 5.42. The lowest BCUT2D eigenvalue weighted by molar-refractivity contribution is -0.137. The zero-order chi connectivity index (χ0) is 15.0. The van der Waals surface area contributed by atoms with Crippen LogP contribution in [0.3, 0.4) is 0 Å². The van der Waals surface area contributed by atoms with Gasteiger partial charge >= 0.3 is 5.97 Å². The first-order chi connectivity index (χ1) is 10.1. The fourth-order valence-electron chi connectivity index (χ4n) is 2.90. The van der Waals surface area contributed by atoms with Crippen LogP contribution >= 0.6 is 0 Å². The number of methoxy groups -OCH3 is 1. The minimum atomic E-state index is -0.913. The van der Waals surface area contributed by atoms with Crippen molar-refractivity contribution in [1.82, 2.24) is 0 Å². The predicted molar refractivity (Wildman–Crippen MR) is 71.7 cm³/mol. The van der Waals surface area contributed by atoms with E-state index in [-0.39, 0.29) is 24.0 Å². The summed E-state index contributed by atoms with van der Waals surface area (Å²) in [4.78, 5) is 11.2. The van der Waals surface area contributed by atoms with Crippen LogP contribution in [0.1, 0.15) is 30.7 Å². The smallest absolute Gasteiger partial charge is 0.303 e. The first-order valence-corrected chi connectivity index (χ1v) is 6.99. The number of ether oxygens (including phenoxy) is 3. The molecule has 1 aliphatic carbocycles. The molecule has 1 aliphatic heterocycles. The quantitative estimate of drug-likeness (QED) is 0.904. The molecule has 21 heavy (non-hydrogen) atoms. The van der Waals surface area contributed by atoms with Crippen LogP contribution in [0, 0.1) is 11.7 Å². The summed E-state index contributed by atoms with van der Waals surface area (Å²) in [7, 11) is 1.38. The van der Waals surface area contributed by atoms with E-state index in [1.807, 2.05) is 0 Å². The number of carbonyl (C=O) groups is 1. The van der Waals surface area contributed by atoms with E-state index in [1.54, 1.807) is 0 Å². The number of benzene rings is 1. The number of halogens is 1. The van der Waals surface area contributed by atoms with Crippen molar-refractivity contribution in [2.24, 2.45) is 5.92 Å². The Labute approximate surface area is 121 Å². The van der Waals surface area contributed by atoms with E-state index in [4.69, 9.17) is 19.3 Å². The fraction of sp³-hybridized carbons (Fsp3) is 0.533. The molecule has 5 nitrogen and oxygen atoms in total. The van der Waals surface area contributed by atoms with Crippen LogP contribution in [0.5, 0.6) is 17.2 Å². The molecule has 2 aliphatic rings. The molecule has 0 radical (unpaired) electrons. The molecule has 1 fully saturated rings. The van der Waals surface area contributed by atoms with E-state index in [9.17, 15) is 9.18 Å². The summed E-state index contributed by atoms with van der Waals surface area (Å²) < 4.78 is 30.5. The summed E-state index contributed by atoms with van der Waals surface area (Å²) in [6.45, 7) is 0.713. The van der Waals surface area contributed by atoms with E-state index in [1.165, 1.54) is 13.2 Å². The van der Waals surface area contributed by atoms with Gasteiger partial charge in [-0.25, -0.2) is 4.39 Å². The standard InChI is InChI=1S/C15H17FO5/c1-19-14-10(16)7-11-15(21-5-4-20-11)13(14)9(6-12(17)18)8-2-3-8/h7-9H,2-6H2,1H3,(H,17,18). The number of rotatable bonds is 5. The number of carboxylic acid groups (broad SMARTS) is 1. The highest BCUT2D eigenvalue weighted by Gasteiger charge is 2.39. The van der Waals surface area contributed by atoms with Gasteiger partial charge in [0.1, 0.15) is 13.2 Å². The van der Waals surface area contributed by atoms with Crippen LogP contribution in [-0.4, -0.2) is 31.4 Å². The molecule has 0 bridgehead atoms. The van der Waals surface area contributed by atoms with E-state index in [0.717, 1.165) is 12.8 Å². The highest BCUT2D eigenvalue weighted by Crippen LogP contribution is 2.53. The van der Waals surface area contributed by atoms with Crippen molar-refractivity contribution in [1.29, 1.82) is 0 Å². The Morgan fingerprint density at radius 1 is 1.48 bits per heavy atom. The molecule has 0 saturated heterocycles. The van der Waals surface area contributed by atoms with Crippen LogP contribution in [-0.2, 0) is 4.79 Å². The summed E-state index contributed by atoms with van der Waals surface area (Å²) in [6, 6.07) is 1.24. The highest BCUT2D eigenvalue weighted by molar-refractivity contribution is 5.70. The molecule has 1 N–H and O–H groups in total. The zero-order valence-electron chi connectivity index (χ0n) is 11.7. The van der Waals surface area contributed by atoms with Gasteiger partial charge in [0, 0.05) is 17.5 Å². The number of fused-ring (bicyclic) bond motifs is 1. The number of carboxylic acids is 1. The second-order valence-electron chi connectivity index (χ2n) is 5.37. The molecular formula is C15H17FO5. The lowest BCUT2D eigenvalue weighted by atomic mass is 9.89. The van der Waals surface area contributed by atoms with Gasteiger partial charge in [0.05, 0.1) is 13.5 Å². The normalized spacial score (nSPS) is 18.2. The van der Waals surface area contributed by atoms with Crippen LogP contribution in [0.25, 0.3) is 0 Å². The second-order valence-corrected chi connectivity index (χ2v) is 5.37. The van der Waals surface area contributed by atoms with Crippen molar-refractivity contribution < 1.29 is 28.5 Å². The van der Waals surface area contributed by atoms with Crippen molar-refractivity contribution in [2.75, 3.05) is 20.3 Å². The topological polar surface area (TPSA) is 65.0 Å². The third-order valence-corrected chi connectivity index (χ3v) is 3.94. The molecule has 6 heteroatoms. The minimum absolute atomic E-state index is 0.0670. The van der Waals surface area contributed by atoms with Gasteiger partial charge in [0.25, 0.3) is 0 Å². The SMILES string of the molecule is COc1c(F)cc2c(c1C(CC(=O)O)C1CC1)OCCO2.